The Balaban J connectivity index is 2.13. The first-order chi connectivity index (χ1) is 7.66. The Kier molecular flexibility index (Phi) is 3.31. The number of aromatic nitrogens is 1. The Hall–Kier alpha value is -1.27. The summed E-state index contributed by atoms with van der Waals surface area (Å²) in [4.78, 5) is 28.2. The van der Waals surface area contributed by atoms with Gasteiger partial charge in [0.25, 0.3) is 0 Å². The largest absolute Gasteiger partial charge is 0.300 e. The summed E-state index contributed by atoms with van der Waals surface area (Å²) >= 11 is 3.29. The van der Waals surface area contributed by atoms with Gasteiger partial charge in [-0.05, 0) is 27.6 Å². The van der Waals surface area contributed by atoms with E-state index in [1.54, 1.807) is 12.4 Å². The molecule has 0 bridgehead atoms. The van der Waals surface area contributed by atoms with Crippen molar-refractivity contribution in [2.75, 3.05) is 13.1 Å². The summed E-state index contributed by atoms with van der Waals surface area (Å²) in [6.07, 6.45) is 3.30. The molecule has 0 atom stereocenters. The Morgan fingerprint density at radius 1 is 1.31 bits per heavy atom. The fourth-order valence-corrected chi connectivity index (χ4v) is 1.92. The van der Waals surface area contributed by atoms with E-state index in [-0.39, 0.29) is 31.4 Å². The fourth-order valence-electron chi connectivity index (χ4n) is 1.51. The second-order valence-electron chi connectivity index (χ2n) is 3.49. The summed E-state index contributed by atoms with van der Waals surface area (Å²) in [6.45, 7) is 0.714. The van der Waals surface area contributed by atoms with Gasteiger partial charge in [-0.15, -0.1) is 0 Å². The van der Waals surface area contributed by atoms with Crippen molar-refractivity contribution in [3.05, 3.63) is 28.5 Å². The highest BCUT2D eigenvalue weighted by Crippen LogP contribution is 2.12. The van der Waals surface area contributed by atoms with Gasteiger partial charge in [-0.3, -0.25) is 24.8 Å². The molecule has 1 N–H and O–H groups in total. The average Bonchev–Trinajstić information content (AvgIpc) is 2.24. The molecular weight excluding hydrogens is 274 g/mol. The van der Waals surface area contributed by atoms with Crippen molar-refractivity contribution in [3.8, 4) is 0 Å². The van der Waals surface area contributed by atoms with Crippen LogP contribution in [0, 0.1) is 0 Å². The Bertz CT molecular complexity index is 420. The molecule has 0 saturated carbocycles. The van der Waals surface area contributed by atoms with Crippen LogP contribution in [0.3, 0.4) is 0 Å². The number of hydrogen-bond donors (Lipinski definition) is 1. The maximum atomic E-state index is 11.5. The lowest BCUT2D eigenvalue weighted by Gasteiger charge is -2.25. The summed E-state index contributed by atoms with van der Waals surface area (Å²) < 4.78 is 0.833. The van der Waals surface area contributed by atoms with E-state index in [9.17, 15) is 9.59 Å². The zero-order valence-electron chi connectivity index (χ0n) is 8.44. The van der Waals surface area contributed by atoms with Crippen LogP contribution in [-0.2, 0) is 16.1 Å². The molecule has 6 heteroatoms. The van der Waals surface area contributed by atoms with Gasteiger partial charge in [-0.1, -0.05) is 0 Å². The first kappa shape index (κ1) is 11.2. The fraction of sp³-hybridized carbons (Fsp3) is 0.300. The second kappa shape index (κ2) is 4.71. The van der Waals surface area contributed by atoms with Gasteiger partial charge in [0.15, 0.2) is 0 Å². The number of piperazine rings is 1. The Morgan fingerprint density at radius 2 is 2.00 bits per heavy atom. The number of rotatable bonds is 2. The van der Waals surface area contributed by atoms with Crippen molar-refractivity contribution in [1.29, 1.82) is 0 Å². The summed E-state index contributed by atoms with van der Waals surface area (Å²) in [5.74, 6) is -0.396. The molecule has 0 aliphatic carbocycles. The summed E-state index contributed by atoms with van der Waals surface area (Å²) in [5.41, 5.74) is 0.831. The monoisotopic (exact) mass is 283 g/mol. The number of nitrogens with zero attached hydrogens (tertiary/aromatic N) is 2. The van der Waals surface area contributed by atoms with E-state index < -0.39 is 0 Å². The molecule has 84 valence electrons. The van der Waals surface area contributed by atoms with Crippen molar-refractivity contribution in [2.24, 2.45) is 0 Å². The topological polar surface area (TPSA) is 62.3 Å². The van der Waals surface area contributed by atoms with E-state index in [1.807, 2.05) is 6.07 Å². The minimum absolute atomic E-state index is 0.198. The van der Waals surface area contributed by atoms with Gasteiger partial charge in [0.2, 0.25) is 11.8 Å². The van der Waals surface area contributed by atoms with E-state index >= 15 is 0 Å². The minimum atomic E-state index is -0.198. The van der Waals surface area contributed by atoms with Crippen LogP contribution in [0.25, 0.3) is 0 Å². The molecule has 1 saturated heterocycles. The van der Waals surface area contributed by atoms with Gasteiger partial charge in [-0.2, -0.15) is 0 Å². The summed E-state index contributed by atoms with van der Waals surface area (Å²) in [6, 6.07) is 1.84. The number of carbonyl (C=O) groups is 2. The number of imide groups is 1. The Labute approximate surface area is 101 Å². The highest BCUT2D eigenvalue weighted by Gasteiger charge is 2.25. The predicted octanol–water partition coefficient (Wildman–Crippen LogP) is 0.303. The molecule has 1 aromatic heterocycles. The zero-order chi connectivity index (χ0) is 11.5. The van der Waals surface area contributed by atoms with Crippen LogP contribution < -0.4 is 5.32 Å². The molecule has 2 amide bonds. The SMILES string of the molecule is O=C1CNCC(=O)N1Cc1cncc(Br)c1. The highest BCUT2D eigenvalue weighted by atomic mass is 79.9. The first-order valence-electron chi connectivity index (χ1n) is 4.80. The number of hydrogen-bond acceptors (Lipinski definition) is 4. The summed E-state index contributed by atoms with van der Waals surface area (Å²) in [5, 5.41) is 2.75. The van der Waals surface area contributed by atoms with Crippen LogP contribution in [0.1, 0.15) is 5.56 Å². The molecule has 1 aliphatic heterocycles. The van der Waals surface area contributed by atoms with Gasteiger partial charge in [-0.25, -0.2) is 0 Å². The van der Waals surface area contributed by atoms with Gasteiger partial charge >= 0.3 is 0 Å². The lowest BCUT2D eigenvalue weighted by molar-refractivity contribution is -0.147. The van der Waals surface area contributed by atoms with E-state index in [2.05, 4.69) is 26.2 Å². The zero-order valence-corrected chi connectivity index (χ0v) is 10.0. The number of carbonyl (C=O) groups excluding carboxylic acids is 2. The second-order valence-corrected chi connectivity index (χ2v) is 4.40. The molecule has 1 aliphatic rings. The molecule has 2 heterocycles. The number of halogens is 1. The van der Waals surface area contributed by atoms with Gasteiger partial charge in [0.1, 0.15) is 0 Å². The first-order valence-corrected chi connectivity index (χ1v) is 5.59. The number of amides is 2. The van der Waals surface area contributed by atoms with Crippen LogP contribution in [0.5, 0.6) is 0 Å². The van der Waals surface area contributed by atoms with Crippen LogP contribution in [0.2, 0.25) is 0 Å². The molecule has 16 heavy (non-hydrogen) atoms. The lowest BCUT2D eigenvalue weighted by atomic mass is 10.2. The quantitative estimate of drug-likeness (QED) is 0.794. The van der Waals surface area contributed by atoms with Crippen LogP contribution in [0.4, 0.5) is 0 Å². The molecule has 1 aromatic rings. The standard InChI is InChI=1S/C10H10BrN3O2/c11-8-1-7(2-12-3-8)6-14-9(15)4-13-5-10(14)16/h1-3,13H,4-6H2. The number of nitrogens with one attached hydrogen (secondary N) is 1. The molecule has 0 aromatic carbocycles. The van der Waals surface area contributed by atoms with Gasteiger partial charge in [0.05, 0.1) is 19.6 Å². The molecular formula is C10H10BrN3O2. The van der Waals surface area contributed by atoms with Gasteiger partial charge in [0, 0.05) is 16.9 Å². The molecule has 0 spiro atoms. The molecule has 0 radical (unpaired) electrons. The maximum absolute atomic E-state index is 11.5. The van der Waals surface area contributed by atoms with E-state index in [0.29, 0.717) is 0 Å². The normalized spacial score (nSPS) is 16.7. The van der Waals surface area contributed by atoms with E-state index in [0.717, 1.165) is 10.0 Å². The van der Waals surface area contributed by atoms with Crippen molar-refractivity contribution in [3.63, 3.8) is 0 Å². The smallest absolute Gasteiger partial charge is 0.243 e. The van der Waals surface area contributed by atoms with E-state index in [4.69, 9.17) is 0 Å². The van der Waals surface area contributed by atoms with Crippen molar-refractivity contribution in [2.45, 2.75) is 6.54 Å². The third kappa shape index (κ3) is 2.45. The van der Waals surface area contributed by atoms with Crippen molar-refractivity contribution in [1.82, 2.24) is 15.2 Å². The average molecular weight is 284 g/mol. The van der Waals surface area contributed by atoms with Crippen LogP contribution in [-0.4, -0.2) is 34.8 Å². The van der Waals surface area contributed by atoms with Crippen LogP contribution in [0.15, 0.2) is 22.9 Å². The molecule has 0 unspecified atom stereocenters. The lowest BCUT2D eigenvalue weighted by Crippen LogP contribution is -2.51. The molecule has 5 nitrogen and oxygen atoms in total. The third-order valence-corrected chi connectivity index (χ3v) is 2.69. The summed E-state index contributed by atoms with van der Waals surface area (Å²) in [7, 11) is 0. The Morgan fingerprint density at radius 3 is 2.62 bits per heavy atom. The predicted molar refractivity (Wildman–Crippen MR) is 60.4 cm³/mol. The molecule has 2 rings (SSSR count). The van der Waals surface area contributed by atoms with E-state index in [1.165, 1.54) is 4.90 Å². The van der Waals surface area contributed by atoms with Gasteiger partial charge < -0.3 is 0 Å². The van der Waals surface area contributed by atoms with Crippen LogP contribution >= 0.6 is 15.9 Å². The maximum Gasteiger partial charge on any atom is 0.243 e. The molecule has 1 fully saturated rings. The third-order valence-electron chi connectivity index (χ3n) is 2.26. The van der Waals surface area contributed by atoms with Crippen molar-refractivity contribution >= 4 is 27.7 Å². The number of pyridine rings is 1. The highest BCUT2D eigenvalue weighted by molar-refractivity contribution is 9.10. The van der Waals surface area contributed by atoms with Crippen molar-refractivity contribution < 1.29 is 9.59 Å². The minimum Gasteiger partial charge on any atom is -0.300 e.